The quantitative estimate of drug-likeness (QED) is 0.457. The van der Waals surface area contributed by atoms with Crippen molar-refractivity contribution in [2.45, 2.75) is 12.5 Å². The number of benzene rings is 2. The van der Waals surface area contributed by atoms with Crippen molar-refractivity contribution in [3.63, 3.8) is 0 Å². The van der Waals surface area contributed by atoms with Gasteiger partial charge in [-0.05, 0) is 37.4 Å². The Bertz CT molecular complexity index is 1200. The van der Waals surface area contributed by atoms with Gasteiger partial charge < -0.3 is 29.5 Å². The molecule has 35 heavy (non-hydrogen) atoms. The van der Waals surface area contributed by atoms with Crippen LogP contribution >= 0.6 is 0 Å². The Morgan fingerprint density at radius 3 is 2.74 bits per heavy atom. The number of aliphatic hydroxyl groups excluding tert-OH is 1. The number of nitrogens with one attached hydrogen (secondary N) is 1. The summed E-state index contributed by atoms with van der Waals surface area (Å²) in [6, 6.07) is 17.3. The molecule has 0 amide bonds. The fraction of sp³-hybridized carbons (Fsp3) is 0.346. The molecule has 1 atom stereocenters. The van der Waals surface area contributed by atoms with E-state index in [1.807, 2.05) is 60.5 Å². The summed E-state index contributed by atoms with van der Waals surface area (Å²) in [5.41, 5.74) is 2.37. The topological polar surface area (TPSA) is 113 Å². The maximum absolute atomic E-state index is 9.95. The van der Waals surface area contributed by atoms with Crippen molar-refractivity contribution in [3.8, 4) is 46.0 Å². The SMILES string of the molecule is CNCC(O)COc1cccc(-c2nc(-c3ccc4c(c3)OCCO4)cc(N(C)CCC#N)n2)c1. The van der Waals surface area contributed by atoms with Gasteiger partial charge in [0.05, 0.1) is 18.2 Å². The number of nitrogens with zero attached hydrogens (tertiary/aromatic N) is 4. The molecule has 3 aromatic rings. The van der Waals surface area contributed by atoms with E-state index in [0.29, 0.717) is 61.6 Å². The minimum Gasteiger partial charge on any atom is -0.491 e. The highest BCUT2D eigenvalue weighted by Gasteiger charge is 2.16. The molecule has 2 heterocycles. The third kappa shape index (κ3) is 6.18. The normalized spacial score (nSPS) is 13.1. The molecular weight excluding hydrogens is 446 g/mol. The van der Waals surface area contributed by atoms with Gasteiger partial charge in [-0.1, -0.05) is 12.1 Å². The van der Waals surface area contributed by atoms with E-state index in [1.165, 1.54) is 0 Å². The maximum atomic E-state index is 9.95. The van der Waals surface area contributed by atoms with Gasteiger partial charge in [0, 0.05) is 37.3 Å². The molecule has 9 nitrogen and oxygen atoms in total. The van der Waals surface area contributed by atoms with Gasteiger partial charge in [-0.2, -0.15) is 5.26 Å². The second kappa shape index (κ2) is 11.5. The van der Waals surface area contributed by atoms with Crippen LogP contribution in [0, 0.1) is 11.3 Å². The van der Waals surface area contributed by atoms with Gasteiger partial charge in [0.25, 0.3) is 0 Å². The maximum Gasteiger partial charge on any atom is 0.162 e. The first-order valence-corrected chi connectivity index (χ1v) is 11.5. The summed E-state index contributed by atoms with van der Waals surface area (Å²) in [5, 5.41) is 21.9. The van der Waals surface area contributed by atoms with Crippen molar-refractivity contribution < 1.29 is 19.3 Å². The van der Waals surface area contributed by atoms with Crippen LogP contribution in [0.4, 0.5) is 5.82 Å². The van der Waals surface area contributed by atoms with Crippen molar-refractivity contribution in [1.82, 2.24) is 15.3 Å². The lowest BCUT2D eigenvalue weighted by molar-refractivity contribution is 0.108. The summed E-state index contributed by atoms with van der Waals surface area (Å²) < 4.78 is 17.2. The summed E-state index contributed by atoms with van der Waals surface area (Å²) in [7, 11) is 3.68. The largest absolute Gasteiger partial charge is 0.491 e. The Labute approximate surface area is 204 Å². The third-order valence-electron chi connectivity index (χ3n) is 5.48. The van der Waals surface area contributed by atoms with Crippen LogP contribution in [0.15, 0.2) is 48.5 Å². The zero-order valence-electron chi connectivity index (χ0n) is 19.9. The standard InChI is InChI=1S/C26H29N5O4/c1-28-16-20(32)17-35-21-6-3-5-19(13-21)26-29-22(15-25(30-26)31(2)10-4-9-27)18-7-8-23-24(14-18)34-12-11-33-23/h3,5-8,13-15,20,28,32H,4,10-12,16-17H2,1-2H3. The van der Waals surface area contributed by atoms with Crippen LogP contribution in [-0.2, 0) is 0 Å². The molecule has 1 aliphatic heterocycles. The molecule has 9 heteroatoms. The Hall–Kier alpha value is -3.87. The minimum absolute atomic E-state index is 0.171. The zero-order valence-corrected chi connectivity index (χ0v) is 19.9. The molecule has 0 radical (unpaired) electrons. The Kier molecular flexibility index (Phi) is 7.98. The minimum atomic E-state index is -0.612. The smallest absolute Gasteiger partial charge is 0.162 e. The lowest BCUT2D eigenvalue weighted by Crippen LogP contribution is -2.29. The third-order valence-corrected chi connectivity index (χ3v) is 5.48. The first-order chi connectivity index (χ1) is 17.1. The molecular formula is C26H29N5O4. The molecule has 1 aliphatic rings. The van der Waals surface area contributed by atoms with Crippen LogP contribution in [0.2, 0.25) is 0 Å². The molecule has 0 saturated heterocycles. The molecule has 0 spiro atoms. The number of ether oxygens (including phenoxy) is 3. The summed E-state index contributed by atoms with van der Waals surface area (Å²) in [6.45, 7) is 2.19. The van der Waals surface area contributed by atoms with Gasteiger partial charge >= 0.3 is 0 Å². The van der Waals surface area contributed by atoms with Gasteiger partial charge in [0.1, 0.15) is 37.5 Å². The Morgan fingerprint density at radius 2 is 1.94 bits per heavy atom. The molecule has 2 aromatic carbocycles. The van der Waals surface area contributed by atoms with Crippen LogP contribution in [0.25, 0.3) is 22.6 Å². The Morgan fingerprint density at radius 1 is 1.11 bits per heavy atom. The fourth-order valence-corrected chi connectivity index (χ4v) is 3.65. The van der Waals surface area contributed by atoms with E-state index in [0.717, 1.165) is 16.8 Å². The van der Waals surface area contributed by atoms with Crippen LogP contribution in [-0.4, -0.2) is 68.2 Å². The van der Waals surface area contributed by atoms with Gasteiger partial charge in [0.15, 0.2) is 17.3 Å². The molecule has 0 aliphatic carbocycles. The van der Waals surface area contributed by atoms with E-state index in [-0.39, 0.29) is 6.61 Å². The van der Waals surface area contributed by atoms with E-state index in [9.17, 15) is 5.11 Å². The lowest BCUT2D eigenvalue weighted by Gasteiger charge is -2.20. The second-order valence-corrected chi connectivity index (χ2v) is 8.17. The van der Waals surface area contributed by atoms with Crippen molar-refractivity contribution in [3.05, 3.63) is 48.5 Å². The first kappa shape index (κ1) is 24.3. The van der Waals surface area contributed by atoms with Crippen molar-refractivity contribution >= 4 is 5.82 Å². The first-order valence-electron chi connectivity index (χ1n) is 11.5. The molecule has 0 saturated carbocycles. The number of rotatable bonds is 10. The monoisotopic (exact) mass is 475 g/mol. The summed E-state index contributed by atoms with van der Waals surface area (Å²) in [4.78, 5) is 11.5. The van der Waals surface area contributed by atoms with Crippen LogP contribution in [0.3, 0.4) is 0 Å². The van der Waals surface area contributed by atoms with Crippen molar-refractivity contribution in [1.29, 1.82) is 5.26 Å². The number of hydrogen-bond acceptors (Lipinski definition) is 9. The number of aliphatic hydroxyl groups is 1. The number of nitriles is 1. The van der Waals surface area contributed by atoms with Gasteiger partial charge in [-0.15, -0.1) is 0 Å². The second-order valence-electron chi connectivity index (χ2n) is 8.17. The molecule has 4 rings (SSSR count). The summed E-state index contributed by atoms with van der Waals surface area (Å²) in [5.74, 6) is 3.24. The van der Waals surface area contributed by atoms with Crippen molar-refractivity contribution in [2.24, 2.45) is 0 Å². The fourth-order valence-electron chi connectivity index (χ4n) is 3.65. The van der Waals surface area contributed by atoms with Crippen LogP contribution in [0.1, 0.15) is 6.42 Å². The predicted molar refractivity (Wildman–Crippen MR) is 133 cm³/mol. The number of anilines is 1. The lowest BCUT2D eigenvalue weighted by atomic mass is 10.1. The van der Waals surface area contributed by atoms with Gasteiger partial charge in [-0.25, -0.2) is 9.97 Å². The van der Waals surface area contributed by atoms with E-state index in [1.54, 1.807) is 7.05 Å². The van der Waals surface area contributed by atoms with E-state index in [2.05, 4.69) is 11.4 Å². The molecule has 0 fully saturated rings. The average molecular weight is 476 g/mol. The number of fused-ring (bicyclic) bond motifs is 1. The highest BCUT2D eigenvalue weighted by atomic mass is 16.6. The van der Waals surface area contributed by atoms with E-state index in [4.69, 9.17) is 29.4 Å². The van der Waals surface area contributed by atoms with E-state index >= 15 is 0 Å². The highest BCUT2D eigenvalue weighted by molar-refractivity contribution is 5.70. The van der Waals surface area contributed by atoms with Crippen molar-refractivity contribution in [2.75, 3.05) is 51.9 Å². The zero-order chi connectivity index (χ0) is 24.6. The average Bonchev–Trinajstić information content (AvgIpc) is 2.90. The predicted octanol–water partition coefficient (Wildman–Crippen LogP) is 2.89. The van der Waals surface area contributed by atoms with E-state index < -0.39 is 6.10 Å². The van der Waals surface area contributed by atoms with Crippen LogP contribution < -0.4 is 24.4 Å². The molecule has 182 valence electrons. The Balaban J connectivity index is 1.69. The van der Waals surface area contributed by atoms with Gasteiger partial charge in [-0.3, -0.25) is 0 Å². The number of aromatic nitrogens is 2. The number of hydrogen-bond donors (Lipinski definition) is 2. The summed E-state index contributed by atoms with van der Waals surface area (Å²) >= 11 is 0. The summed E-state index contributed by atoms with van der Waals surface area (Å²) in [6.07, 6.45) is -0.230. The van der Waals surface area contributed by atoms with Gasteiger partial charge in [0.2, 0.25) is 0 Å². The molecule has 1 unspecified atom stereocenters. The number of likely N-dealkylation sites (N-methyl/N-ethyl adjacent to an activating group) is 1. The highest BCUT2D eigenvalue weighted by Crippen LogP contribution is 2.35. The van der Waals surface area contributed by atoms with Crippen LogP contribution in [0.5, 0.6) is 17.2 Å². The molecule has 2 N–H and O–H groups in total. The molecule has 0 bridgehead atoms. The molecule has 1 aromatic heterocycles.